The van der Waals surface area contributed by atoms with Gasteiger partial charge < -0.3 is 4.40 Å². The van der Waals surface area contributed by atoms with Crippen molar-refractivity contribution in [3.05, 3.63) is 36.3 Å². The zero-order valence-electron chi connectivity index (χ0n) is 10.3. The number of pyridine rings is 1. The lowest BCUT2D eigenvalue weighted by molar-refractivity contribution is 0.589. The highest BCUT2D eigenvalue weighted by molar-refractivity contribution is 5.43. The Morgan fingerprint density at radius 2 is 1.80 bits per heavy atom. The van der Waals surface area contributed by atoms with Crippen molar-refractivity contribution in [2.24, 2.45) is 0 Å². The molecule has 0 aromatic carbocycles. The summed E-state index contributed by atoms with van der Waals surface area (Å²) in [5.74, 6) is 0. The van der Waals surface area contributed by atoms with E-state index in [0.29, 0.717) is 0 Å². The minimum atomic E-state index is 0.202. The second-order valence-corrected chi connectivity index (χ2v) is 4.36. The first-order valence-corrected chi connectivity index (χ1v) is 5.50. The summed E-state index contributed by atoms with van der Waals surface area (Å²) in [6.45, 7) is 10.6. The summed E-state index contributed by atoms with van der Waals surface area (Å²) < 4.78 is 2.02. The molecule has 0 unspecified atom stereocenters. The van der Waals surface area contributed by atoms with Gasteiger partial charge in [-0.05, 0) is 23.1 Å². The molecule has 2 heterocycles. The normalized spacial score (nSPS) is 11.0. The molecule has 2 aromatic heterocycles. The molecule has 0 aliphatic carbocycles. The molecule has 0 bridgehead atoms. The first kappa shape index (κ1) is 11.8. The molecule has 0 saturated heterocycles. The summed E-state index contributed by atoms with van der Waals surface area (Å²) in [6, 6.07) is 4.29. The first-order valence-electron chi connectivity index (χ1n) is 5.50. The third-order valence-electron chi connectivity index (χ3n) is 2.26. The maximum absolute atomic E-state index is 4.26. The van der Waals surface area contributed by atoms with E-state index in [9.17, 15) is 0 Å². The van der Waals surface area contributed by atoms with Crippen molar-refractivity contribution >= 4 is 5.65 Å². The topological polar surface area (TPSA) is 17.3 Å². The van der Waals surface area contributed by atoms with Crippen molar-refractivity contribution in [1.29, 1.82) is 0 Å². The second kappa shape index (κ2) is 4.47. The minimum absolute atomic E-state index is 0.202. The summed E-state index contributed by atoms with van der Waals surface area (Å²) in [5, 5.41) is 0. The van der Waals surface area contributed by atoms with E-state index in [0.717, 1.165) is 5.65 Å². The van der Waals surface area contributed by atoms with Gasteiger partial charge in [0, 0.05) is 18.6 Å². The summed E-state index contributed by atoms with van der Waals surface area (Å²) in [4.78, 5) is 4.26. The average molecular weight is 204 g/mol. The predicted molar refractivity (Wildman–Crippen MR) is 65.2 cm³/mol. The molecule has 2 nitrogen and oxygen atoms in total. The molecule has 0 N–H and O–H groups in total. The molecule has 0 amide bonds. The van der Waals surface area contributed by atoms with Gasteiger partial charge in [0.25, 0.3) is 0 Å². The lowest BCUT2D eigenvalue weighted by atomic mass is 9.88. The first-order chi connectivity index (χ1) is 7.07. The molecule has 0 radical (unpaired) electrons. The van der Waals surface area contributed by atoms with E-state index in [2.05, 4.69) is 44.1 Å². The zero-order valence-corrected chi connectivity index (χ0v) is 10.3. The smallest absolute Gasteiger partial charge is 0.136 e. The van der Waals surface area contributed by atoms with Gasteiger partial charge in [0.1, 0.15) is 5.65 Å². The largest absolute Gasteiger partial charge is 0.307 e. The molecule has 0 fully saturated rings. The fourth-order valence-corrected chi connectivity index (χ4v) is 1.38. The molecule has 0 aliphatic heterocycles. The number of nitrogens with zero attached hydrogens (tertiary/aromatic N) is 2. The number of imidazole rings is 1. The zero-order chi connectivity index (χ0) is 11.5. The highest BCUT2D eigenvalue weighted by Crippen LogP contribution is 2.22. The van der Waals surface area contributed by atoms with Crippen molar-refractivity contribution in [1.82, 2.24) is 9.38 Å². The number of hydrogen-bond acceptors (Lipinski definition) is 1. The molecule has 0 spiro atoms. The van der Waals surface area contributed by atoms with Crippen LogP contribution in [-0.2, 0) is 5.41 Å². The van der Waals surface area contributed by atoms with E-state index in [-0.39, 0.29) is 5.41 Å². The lowest BCUT2D eigenvalue weighted by Crippen LogP contribution is -2.11. The van der Waals surface area contributed by atoms with Crippen LogP contribution in [0.3, 0.4) is 0 Å². The molecule has 0 aliphatic rings. The number of fused-ring (bicyclic) bond motifs is 1. The van der Waals surface area contributed by atoms with Crippen molar-refractivity contribution in [2.45, 2.75) is 40.0 Å². The SMILES string of the molecule is CC.CC(C)(C)c1ccn2ccnc2c1. The van der Waals surface area contributed by atoms with Gasteiger partial charge in [0.05, 0.1) is 0 Å². The van der Waals surface area contributed by atoms with E-state index in [1.165, 1.54) is 5.56 Å². The summed E-state index contributed by atoms with van der Waals surface area (Å²) in [7, 11) is 0. The second-order valence-electron chi connectivity index (χ2n) is 4.36. The van der Waals surface area contributed by atoms with Gasteiger partial charge in [0.15, 0.2) is 0 Å². The van der Waals surface area contributed by atoms with Gasteiger partial charge in [-0.1, -0.05) is 34.6 Å². The van der Waals surface area contributed by atoms with E-state index in [1.807, 2.05) is 30.6 Å². The average Bonchev–Trinajstić information content (AvgIpc) is 2.66. The fourth-order valence-electron chi connectivity index (χ4n) is 1.38. The van der Waals surface area contributed by atoms with Crippen LogP contribution in [0.1, 0.15) is 40.2 Å². The molecule has 2 heteroatoms. The van der Waals surface area contributed by atoms with Crippen molar-refractivity contribution in [3.8, 4) is 0 Å². The van der Waals surface area contributed by atoms with Crippen LogP contribution in [0.25, 0.3) is 5.65 Å². The highest BCUT2D eigenvalue weighted by Gasteiger charge is 2.13. The van der Waals surface area contributed by atoms with E-state index < -0.39 is 0 Å². The Morgan fingerprint density at radius 3 is 2.40 bits per heavy atom. The van der Waals surface area contributed by atoms with Gasteiger partial charge in [-0.3, -0.25) is 0 Å². The summed E-state index contributed by atoms with van der Waals surface area (Å²) >= 11 is 0. The van der Waals surface area contributed by atoms with Crippen molar-refractivity contribution < 1.29 is 0 Å². The highest BCUT2D eigenvalue weighted by atomic mass is 15.0. The fraction of sp³-hybridized carbons (Fsp3) is 0.462. The Kier molecular flexibility index (Phi) is 3.51. The number of hydrogen-bond donors (Lipinski definition) is 0. The van der Waals surface area contributed by atoms with E-state index >= 15 is 0 Å². The van der Waals surface area contributed by atoms with Gasteiger partial charge in [-0.25, -0.2) is 4.98 Å². The number of aromatic nitrogens is 2. The van der Waals surface area contributed by atoms with Crippen LogP contribution >= 0.6 is 0 Å². The maximum atomic E-state index is 4.26. The Bertz CT molecular complexity index is 421. The van der Waals surface area contributed by atoms with E-state index in [4.69, 9.17) is 0 Å². The Balaban J connectivity index is 0.000000531. The van der Waals surface area contributed by atoms with Crippen molar-refractivity contribution in [2.75, 3.05) is 0 Å². The third kappa shape index (κ3) is 2.58. The molecule has 2 aromatic rings. The Hall–Kier alpha value is -1.31. The van der Waals surface area contributed by atoms with Gasteiger partial charge in [0.2, 0.25) is 0 Å². The van der Waals surface area contributed by atoms with Crippen LogP contribution in [0.2, 0.25) is 0 Å². The molecule has 0 atom stereocenters. The number of rotatable bonds is 0. The maximum Gasteiger partial charge on any atom is 0.136 e. The van der Waals surface area contributed by atoms with Crippen LogP contribution in [-0.4, -0.2) is 9.38 Å². The molecule has 82 valence electrons. The quantitative estimate of drug-likeness (QED) is 0.640. The predicted octanol–water partition coefficient (Wildman–Crippen LogP) is 3.66. The monoisotopic (exact) mass is 204 g/mol. The van der Waals surface area contributed by atoms with Crippen molar-refractivity contribution in [3.63, 3.8) is 0 Å². The van der Waals surface area contributed by atoms with Crippen LogP contribution in [0.4, 0.5) is 0 Å². The molecule has 0 saturated carbocycles. The Labute approximate surface area is 92.0 Å². The summed E-state index contributed by atoms with van der Waals surface area (Å²) in [6.07, 6.45) is 5.84. The third-order valence-corrected chi connectivity index (χ3v) is 2.26. The van der Waals surface area contributed by atoms with Gasteiger partial charge >= 0.3 is 0 Å². The van der Waals surface area contributed by atoms with Crippen LogP contribution < -0.4 is 0 Å². The standard InChI is InChI=1S/C11H14N2.C2H6/c1-11(2,3)9-4-6-13-7-5-12-10(13)8-9;1-2/h4-8H,1-3H3;1-2H3. The molecule has 2 rings (SSSR count). The van der Waals surface area contributed by atoms with Crippen LogP contribution in [0, 0.1) is 0 Å². The van der Waals surface area contributed by atoms with Crippen LogP contribution in [0.15, 0.2) is 30.7 Å². The molecular formula is C13H20N2. The minimum Gasteiger partial charge on any atom is -0.307 e. The van der Waals surface area contributed by atoms with Crippen LogP contribution in [0.5, 0.6) is 0 Å². The summed E-state index contributed by atoms with van der Waals surface area (Å²) in [5.41, 5.74) is 2.55. The van der Waals surface area contributed by atoms with Gasteiger partial charge in [-0.15, -0.1) is 0 Å². The van der Waals surface area contributed by atoms with Gasteiger partial charge in [-0.2, -0.15) is 0 Å². The Morgan fingerprint density at radius 1 is 1.13 bits per heavy atom. The molecular weight excluding hydrogens is 184 g/mol. The molecule has 15 heavy (non-hydrogen) atoms. The lowest BCUT2D eigenvalue weighted by Gasteiger charge is -2.18. The van der Waals surface area contributed by atoms with E-state index in [1.54, 1.807) is 0 Å².